The predicted octanol–water partition coefficient (Wildman–Crippen LogP) is 0.107. The van der Waals surface area contributed by atoms with Gasteiger partial charge in [-0.3, -0.25) is 4.79 Å². The van der Waals surface area contributed by atoms with E-state index in [0.717, 1.165) is 6.41 Å². The Hall–Kier alpha value is -0.990. The molecule has 0 heterocycles. The molecule has 0 aromatic heterocycles. The van der Waals surface area contributed by atoms with Gasteiger partial charge in [-0.1, -0.05) is 0 Å². The molecule has 0 spiro atoms. The second-order valence-electron chi connectivity index (χ2n) is 2.03. The van der Waals surface area contributed by atoms with Crippen molar-refractivity contribution >= 4 is 6.41 Å². The lowest BCUT2D eigenvalue weighted by Gasteiger charge is -2.06. The second kappa shape index (κ2) is 3.95. The minimum atomic E-state index is 0.750. The SMILES string of the molecule is CN(C)/C=C\N(C)C=O. The van der Waals surface area contributed by atoms with Crippen LogP contribution in [0, 0.1) is 0 Å². The third-order valence-electron chi connectivity index (χ3n) is 0.766. The van der Waals surface area contributed by atoms with Gasteiger partial charge >= 0.3 is 0 Å². The first-order chi connectivity index (χ1) is 4.16. The summed E-state index contributed by atoms with van der Waals surface area (Å²) in [5.41, 5.74) is 0. The van der Waals surface area contributed by atoms with Crippen LogP contribution in [0.4, 0.5) is 0 Å². The molecule has 52 valence electrons. The number of carbonyl (C=O) groups is 1. The molecule has 0 aliphatic rings. The highest BCUT2D eigenvalue weighted by molar-refractivity contribution is 5.48. The lowest BCUT2D eigenvalue weighted by Crippen LogP contribution is -2.09. The van der Waals surface area contributed by atoms with Crippen LogP contribution < -0.4 is 0 Å². The molecular formula is C6H12N2O. The lowest BCUT2D eigenvalue weighted by atomic mass is 10.7. The molecule has 3 nitrogen and oxygen atoms in total. The van der Waals surface area contributed by atoms with Crippen molar-refractivity contribution in [1.29, 1.82) is 0 Å². The summed E-state index contributed by atoms with van der Waals surface area (Å²) in [6.45, 7) is 0. The van der Waals surface area contributed by atoms with Crippen molar-refractivity contribution < 1.29 is 4.79 Å². The Labute approximate surface area is 55.6 Å². The fraction of sp³-hybridized carbons (Fsp3) is 0.500. The lowest BCUT2D eigenvalue weighted by molar-refractivity contribution is -0.115. The van der Waals surface area contributed by atoms with Crippen molar-refractivity contribution in [1.82, 2.24) is 9.80 Å². The van der Waals surface area contributed by atoms with Crippen LogP contribution in [-0.2, 0) is 4.79 Å². The molecule has 0 saturated carbocycles. The molecule has 0 N–H and O–H groups in total. The Kier molecular flexibility index (Phi) is 3.51. The number of hydrogen-bond donors (Lipinski definition) is 0. The quantitative estimate of drug-likeness (QED) is 0.503. The summed E-state index contributed by atoms with van der Waals surface area (Å²) in [5.74, 6) is 0. The summed E-state index contributed by atoms with van der Waals surface area (Å²) >= 11 is 0. The third kappa shape index (κ3) is 4.87. The average molecular weight is 128 g/mol. The van der Waals surface area contributed by atoms with E-state index in [-0.39, 0.29) is 0 Å². The van der Waals surface area contributed by atoms with Gasteiger partial charge in [-0.15, -0.1) is 0 Å². The van der Waals surface area contributed by atoms with Crippen LogP contribution >= 0.6 is 0 Å². The van der Waals surface area contributed by atoms with E-state index >= 15 is 0 Å². The van der Waals surface area contributed by atoms with Gasteiger partial charge in [-0.2, -0.15) is 0 Å². The fourth-order valence-electron chi connectivity index (χ4n) is 0.274. The average Bonchev–Trinajstić information content (AvgIpc) is 1.83. The number of carbonyl (C=O) groups excluding carboxylic acids is 1. The van der Waals surface area contributed by atoms with Gasteiger partial charge < -0.3 is 9.80 Å². The van der Waals surface area contributed by atoms with Crippen LogP contribution in [-0.4, -0.2) is 37.4 Å². The van der Waals surface area contributed by atoms with E-state index in [0.29, 0.717) is 0 Å². The Balaban J connectivity index is 3.56. The molecule has 0 fully saturated rings. The third-order valence-corrected chi connectivity index (χ3v) is 0.766. The van der Waals surface area contributed by atoms with E-state index < -0.39 is 0 Å². The Morgan fingerprint density at radius 1 is 1.11 bits per heavy atom. The van der Waals surface area contributed by atoms with Crippen molar-refractivity contribution in [2.24, 2.45) is 0 Å². The van der Waals surface area contributed by atoms with Crippen molar-refractivity contribution in [2.75, 3.05) is 21.1 Å². The summed E-state index contributed by atoms with van der Waals surface area (Å²) < 4.78 is 0. The molecule has 0 atom stereocenters. The van der Waals surface area contributed by atoms with Gasteiger partial charge in [-0.25, -0.2) is 0 Å². The summed E-state index contributed by atoms with van der Waals surface area (Å²) in [6.07, 6.45) is 4.24. The van der Waals surface area contributed by atoms with Crippen LogP contribution in [0.3, 0.4) is 0 Å². The number of amides is 1. The molecule has 0 radical (unpaired) electrons. The molecule has 0 rings (SSSR count). The number of hydrogen-bond acceptors (Lipinski definition) is 2. The highest BCUT2D eigenvalue weighted by Gasteiger charge is 1.81. The Bertz CT molecular complexity index is 110. The second-order valence-corrected chi connectivity index (χ2v) is 2.03. The van der Waals surface area contributed by atoms with Crippen LogP contribution in [0.5, 0.6) is 0 Å². The van der Waals surface area contributed by atoms with Gasteiger partial charge in [0.25, 0.3) is 0 Å². The summed E-state index contributed by atoms with van der Waals surface area (Å²) in [5, 5.41) is 0. The maximum absolute atomic E-state index is 9.97. The molecule has 0 aliphatic heterocycles. The van der Waals surface area contributed by atoms with Crippen LogP contribution in [0.15, 0.2) is 12.4 Å². The highest BCUT2D eigenvalue weighted by atomic mass is 16.1. The van der Waals surface area contributed by atoms with Gasteiger partial charge in [0.15, 0.2) is 0 Å². The zero-order valence-electron chi connectivity index (χ0n) is 6.03. The number of rotatable bonds is 3. The summed E-state index contributed by atoms with van der Waals surface area (Å²) in [4.78, 5) is 13.3. The molecule has 0 unspecified atom stereocenters. The summed E-state index contributed by atoms with van der Waals surface area (Å²) in [6, 6.07) is 0. The first-order valence-corrected chi connectivity index (χ1v) is 2.69. The predicted molar refractivity (Wildman–Crippen MR) is 36.7 cm³/mol. The van der Waals surface area contributed by atoms with E-state index in [1.807, 2.05) is 19.0 Å². The minimum Gasteiger partial charge on any atom is -0.382 e. The molecule has 3 heteroatoms. The van der Waals surface area contributed by atoms with Crippen LogP contribution in [0.25, 0.3) is 0 Å². The van der Waals surface area contributed by atoms with Crippen molar-refractivity contribution in [3.05, 3.63) is 12.4 Å². The molecular weight excluding hydrogens is 116 g/mol. The van der Waals surface area contributed by atoms with E-state index in [2.05, 4.69) is 0 Å². The molecule has 1 amide bonds. The monoisotopic (exact) mass is 128 g/mol. The van der Waals surface area contributed by atoms with Gasteiger partial charge in [0.2, 0.25) is 6.41 Å². The maximum Gasteiger partial charge on any atom is 0.213 e. The van der Waals surface area contributed by atoms with Gasteiger partial charge in [0.05, 0.1) is 0 Å². The van der Waals surface area contributed by atoms with Crippen molar-refractivity contribution in [2.45, 2.75) is 0 Å². The standard InChI is InChI=1S/C6H12N2O/c1-7(2)4-5-8(3)6-9/h4-6H,1-3H3/b5-4-. The fourth-order valence-corrected chi connectivity index (χ4v) is 0.274. The molecule has 0 aromatic rings. The van der Waals surface area contributed by atoms with Gasteiger partial charge in [0, 0.05) is 33.5 Å². The van der Waals surface area contributed by atoms with Gasteiger partial charge in [-0.05, 0) is 0 Å². The normalized spacial score (nSPS) is 9.67. The topological polar surface area (TPSA) is 23.6 Å². The molecule has 9 heavy (non-hydrogen) atoms. The van der Waals surface area contributed by atoms with E-state index in [9.17, 15) is 4.79 Å². The Morgan fingerprint density at radius 3 is 2.00 bits per heavy atom. The maximum atomic E-state index is 9.97. The zero-order chi connectivity index (χ0) is 7.28. The zero-order valence-corrected chi connectivity index (χ0v) is 6.03. The minimum absolute atomic E-state index is 0.750. The first-order valence-electron chi connectivity index (χ1n) is 2.69. The van der Waals surface area contributed by atoms with E-state index in [1.54, 1.807) is 19.4 Å². The molecule has 0 saturated heterocycles. The van der Waals surface area contributed by atoms with Gasteiger partial charge in [0.1, 0.15) is 0 Å². The highest BCUT2D eigenvalue weighted by Crippen LogP contribution is 1.79. The van der Waals surface area contributed by atoms with Crippen LogP contribution in [0.1, 0.15) is 0 Å². The van der Waals surface area contributed by atoms with Crippen molar-refractivity contribution in [3.8, 4) is 0 Å². The first kappa shape index (κ1) is 8.01. The van der Waals surface area contributed by atoms with Crippen LogP contribution in [0.2, 0.25) is 0 Å². The van der Waals surface area contributed by atoms with E-state index in [1.165, 1.54) is 4.90 Å². The molecule has 0 bridgehead atoms. The molecule has 0 aromatic carbocycles. The largest absolute Gasteiger partial charge is 0.382 e. The Morgan fingerprint density at radius 2 is 1.67 bits per heavy atom. The van der Waals surface area contributed by atoms with Crippen molar-refractivity contribution in [3.63, 3.8) is 0 Å². The smallest absolute Gasteiger partial charge is 0.213 e. The van der Waals surface area contributed by atoms with E-state index in [4.69, 9.17) is 0 Å². The number of nitrogens with zero attached hydrogens (tertiary/aromatic N) is 2. The summed E-state index contributed by atoms with van der Waals surface area (Å²) in [7, 11) is 5.48. The molecule has 0 aliphatic carbocycles.